The number of amides is 3. The SMILES string of the molecule is CCNC(=O)NC(=O)CN1CCC(c2ccc(O)cc2)CC1. The zero-order chi connectivity index (χ0) is 15.9. The quantitative estimate of drug-likeness (QED) is 0.786. The Morgan fingerprint density at radius 3 is 2.45 bits per heavy atom. The standard InChI is InChI=1S/C16H23N3O3/c1-2-17-16(22)18-15(21)11-19-9-7-13(8-10-19)12-3-5-14(20)6-4-12/h3-6,13,20H,2,7-11H2,1H3,(H2,17,18,21,22). The predicted molar refractivity (Wildman–Crippen MR) is 83.7 cm³/mol. The van der Waals surface area contributed by atoms with Crippen LogP contribution in [0.25, 0.3) is 0 Å². The Hall–Kier alpha value is -2.08. The number of hydrogen-bond acceptors (Lipinski definition) is 4. The van der Waals surface area contributed by atoms with Gasteiger partial charge in [-0.05, 0) is 56.5 Å². The smallest absolute Gasteiger partial charge is 0.321 e. The molecule has 1 fully saturated rings. The first-order valence-electron chi connectivity index (χ1n) is 7.67. The van der Waals surface area contributed by atoms with Gasteiger partial charge in [-0.25, -0.2) is 4.79 Å². The molecule has 6 nitrogen and oxygen atoms in total. The van der Waals surface area contributed by atoms with Gasteiger partial charge in [0.25, 0.3) is 0 Å². The van der Waals surface area contributed by atoms with E-state index in [0.717, 1.165) is 25.9 Å². The van der Waals surface area contributed by atoms with Gasteiger partial charge in [-0.15, -0.1) is 0 Å². The van der Waals surface area contributed by atoms with Gasteiger partial charge in [-0.3, -0.25) is 15.0 Å². The highest BCUT2D eigenvalue weighted by atomic mass is 16.3. The van der Waals surface area contributed by atoms with Crippen molar-refractivity contribution in [3.63, 3.8) is 0 Å². The van der Waals surface area contributed by atoms with Crippen molar-refractivity contribution in [3.8, 4) is 5.75 Å². The van der Waals surface area contributed by atoms with Gasteiger partial charge in [-0.2, -0.15) is 0 Å². The summed E-state index contributed by atoms with van der Waals surface area (Å²) in [5.74, 6) is 0.473. The summed E-state index contributed by atoms with van der Waals surface area (Å²) in [6, 6.07) is 6.89. The molecule has 0 spiro atoms. The molecule has 0 unspecified atom stereocenters. The first-order valence-corrected chi connectivity index (χ1v) is 7.67. The van der Waals surface area contributed by atoms with Gasteiger partial charge in [0, 0.05) is 6.54 Å². The number of hydrogen-bond donors (Lipinski definition) is 3. The minimum atomic E-state index is -0.438. The van der Waals surface area contributed by atoms with Crippen LogP contribution in [0, 0.1) is 0 Å². The number of carbonyl (C=O) groups excluding carboxylic acids is 2. The molecule has 0 aromatic heterocycles. The van der Waals surface area contributed by atoms with Crippen molar-refractivity contribution in [1.29, 1.82) is 0 Å². The lowest BCUT2D eigenvalue weighted by molar-refractivity contribution is -0.121. The summed E-state index contributed by atoms with van der Waals surface area (Å²) in [7, 11) is 0. The van der Waals surface area contributed by atoms with E-state index in [9.17, 15) is 14.7 Å². The minimum Gasteiger partial charge on any atom is -0.508 e. The van der Waals surface area contributed by atoms with Crippen molar-refractivity contribution < 1.29 is 14.7 Å². The third kappa shape index (κ3) is 4.73. The molecule has 6 heteroatoms. The number of piperidine rings is 1. The highest BCUT2D eigenvalue weighted by molar-refractivity contribution is 5.95. The van der Waals surface area contributed by atoms with E-state index in [1.165, 1.54) is 5.56 Å². The lowest BCUT2D eigenvalue weighted by Gasteiger charge is -2.31. The Morgan fingerprint density at radius 1 is 1.23 bits per heavy atom. The van der Waals surface area contributed by atoms with Crippen LogP contribution in [-0.2, 0) is 4.79 Å². The van der Waals surface area contributed by atoms with Crippen molar-refractivity contribution in [2.45, 2.75) is 25.7 Å². The fraction of sp³-hybridized carbons (Fsp3) is 0.500. The van der Waals surface area contributed by atoms with Gasteiger partial charge in [-0.1, -0.05) is 12.1 Å². The van der Waals surface area contributed by atoms with E-state index < -0.39 is 6.03 Å². The third-order valence-corrected chi connectivity index (χ3v) is 3.91. The van der Waals surface area contributed by atoms with Crippen LogP contribution in [0.1, 0.15) is 31.2 Å². The van der Waals surface area contributed by atoms with Crippen LogP contribution >= 0.6 is 0 Å². The van der Waals surface area contributed by atoms with E-state index in [0.29, 0.717) is 12.5 Å². The Balaban J connectivity index is 1.76. The average molecular weight is 305 g/mol. The van der Waals surface area contributed by atoms with E-state index in [1.54, 1.807) is 19.1 Å². The lowest BCUT2D eigenvalue weighted by atomic mass is 9.89. The highest BCUT2D eigenvalue weighted by Gasteiger charge is 2.22. The molecule has 3 amide bonds. The van der Waals surface area contributed by atoms with Crippen molar-refractivity contribution >= 4 is 11.9 Å². The summed E-state index contributed by atoms with van der Waals surface area (Å²) in [4.78, 5) is 25.1. The average Bonchev–Trinajstić information content (AvgIpc) is 2.49. The predicted octanol–water partition coefficient (Wildman–Crippen LogP) is 1.42. The maximum atomic E-state index is 11.7. The minimum absolute atomic E-state index is 0.249. The highest BCUT2D eigenvalue weighted by Crippen LogP contribution is 2.28. The fourth-order valence-electron chi connectivity index (χ4n) is 2.74. The number of aromatic hydroxyl groups is 1. The largest absolute Gasteiger partial charge is 0.508 e. The van der Waals surface area contributed by atoms with Crippen LogP contribution in [-0.4, -0.2) is 48.1 Å². The van der Waals surface area contributed by atoms with E-state index >= 15 is 0 Å². The molecule has 1 aromatic carbocycles. The number of benzene rings is 1. The van der Waals surface area contributed by atoms with Crippen molar-refractivity contribution in [2.75, 3.05) is 26.2 Å². The summed E-state index contributed by atoms with van der Waals surface area (Å²) < 4.78 is 0. The second-order valence-corrected chi connectivity index (χ2v) is 5.55. The summed E-state index contributed by atoms with van der Waals surface area (Å²) >= 11 is 0. The normalized spacial score (nSPS) is 16.2. The van der Waals surface area contributed by atoms with Crippen molar-refractivity contribution in [2.24, 2.45) is 0 Å². The fourth-order valence-corrected chi connectivity index (χ4v) is 2.74. The first kappa shape index (κ1) is 16.3. The third-order valence-electron chi connectivity index (χ3n) is 3.91. The van der Waals surface area contributed by atoms with E-state index in [2.05, 4.69) is 15.5 Å². The number of imide groups is 1. The molecule has 22 heavy (non-hydrogen) atoms. The zero-order valence-corrected chi connectivity index (χ0v) is 12.8. The second-order valence-electron chi connectivity index (χ2n) is 5.55. The molecule has 1 aliphatic heterocycles. The van der Waals surface area contributed by atoms with E-state index in [-0.39, 0.29) is 18.2 Å². The zero-order valence-electron chi connectivity index (χ0n) is 12.8. The molecule has 1 aliphatic rings. The molecule has 0 aliphatic carbocycles. The van der Waals surface area contributed by atoms with Crippen LogP contribution in [0.15, 0.2) is 24.3 Å². The van der Waals surface area contributed by atoms with Gasteiger partial charge in [0.2, 0.25) is 5.91 Å². The van der Waals surface area contributed by atoms with Gasteiger partial charge < -0.3 is 10.4 Å². The van der Waals surface area contributed by atoms with Crippen molar-refractivity contribution in [3.05, 3.63) is 29.8 Å². The molecule has 0 saturated carbocycles. The van der Waals surface area contributed by atoms with E-state index in [4.69, 9.17) is 0 Å². The number of phenols is 1. The topological polar surface area (TPSA) is 81.7 Å². The van der Waals surface area contributed by atoms with Crippen LogP contribution in [0.5, 0.6) is 5.75 Å². The monoisotopic (exact) mass is 305 g/mol. The molecule has 1 aromatic rings. The molecule has 2 rings (SSSR count). The number of rotatable bonds is 4. The molecule has 120 valence electrons. The summed E-state index contributed by atoms with van der Waals surface area (Å²) in [6.07, 6.45) is 1.94. The molecule has 3 N–H and O–H groups in total. The van der Waals surface area contributed by atoms with Gasteiger partial charge in [0.1, 0.15) is 5.75 Å². The summed E-state index contributed by atoms with van der Waals surface area (Å²) in [5.41, 5.74) is 1.23. The second kappa shape index (κ2) is 7.79. The first-order chi connectivity index (χ1) is 10.6. The van der Waals surface area contributed by atoms with Crippen molar-refractivity contribution in [1.82, 2.24) is 15.5 Å². The number of nitrogens with one attached hydrogen (secondary N) is 2. The number of carbonyl (C=O) groups is 2. The number of nitrogens with zero attached hydrogens (tertiary/aromatic N) is 1. The van der Waals surface area contributed by atoms with Crippen LogP contribution in [0.4, 0.5) is 4.79 Å². The van der Waals surface area contributed by atoms with Gasteiger partial charge in [0.15, 0.2) is 0 Å². The Bertz CT molecular complexity index is 508. The maximum absolute atomic E-state index is 11.7. The van der Waals surface area contributed by atoms with Gasteiger partial charge in [0.05, 0.1) is 6.54 Å². The lowest BCUT2D eigenvalue weighted by Crippen LogP contribution is -2.46. The molecule has 0 atom stereocenters. The Labute approximate surface area is 130 Å². The molecular formula is C16H23N3O3. The number of urea groups is 1. The van der Waals surface area contributed by atoms with Crippen LogP contribution in [0.2, 0.25) is 0 Å². The summed E-state index contributed by atoms with van der Waals surface area (Å²) in [5, 5.41) is 14.2. The Morgan fingerprint density at radius 2 is 1.86 bits per heavy atom. The van der Waals surface area contributed by atoms with E-state index in [1.807, 2.05) is 12.1 Å². The Kier molecular flexibility index (Phi) is 5.77. The number of likely N-dealkylation sites (tertiary alicyclic amines) is 1. The molecule has 1 heterocycles. The van der Waals surface area contributed by atoms with Crippen LogP contribution in [0.3, 0.4) is 0 Å². The van der Waals surface area contributed by atoms with Gasteiger partial charge >= 0.3 is 6.03 Å². The summed E-state index contributed by atoms with van der Waals surface area (Å²) in [6.45, 7) is 4.21. The molecule has 0 radical (unpaired) electrons. The molecule has 1 saturated heterocycles. The van der Waals surface area contributed by atoms with Crippen LogP contribution < -0.4 is 10.6 Å². The molecular weight excluding hydrogens is 282 g/mol. The molecule has 0 bridgehead atoms. The number of phenolic OH excluding ortho intramolecular Hbond substituents is 1. The maximum Gasteiger partial charge on any atom is 0.321 e.